The summed E-state index contributed by atoms with van der Waals surface area (Å²) in [5.41, 5.74) is 1.24. The van der Waals surface area contributed by atoms with Crippen LogP contribution in [0.2, 0.25) is 0 Å². The highest BCUT2D eigenvalue weighted by Gasteiger charge is 2.31. The van der Waals surface area contributed by atoms with Crippen LogP contribution in [0.15, 0.2) is 30.3 Å². The molecule has 110 valence electrons. The van der Waals surface area contributed by atoms with Crippen molar-refractivity contribution in [3.05, 3.63) is 41.7 Å². The molecule has 1 N–H and O–H groups in total. The molecule has 2 heterocycles. The summed E-state index contributed by atoms with van der Waals surface area (Å²) in [4.78, 5) is 18.8. The third-order valence-corrected chi connectivity index (χ3v) is 4.37. The van der Waals surface area contributed by atoms with E-state index in [-0.39, 0.29) is 11.9 Å². The molecule has 0 saturated carbocycles. The number of aryl methyl sites for hydroxylation is 1. The van der Waals surface area contributed by atoms with Crippen molar-refractivity contribution in [3.63, 3.8) is 0 Å². The van der Waals surface area contributed by atoms with Crippen molar-refractivity contribution in [2.75, 3.05) is 11.9 Å². The molecule has 0 aliphatic carbocycles. The lowest BCUT2D eigenvalue weighted by Crippen LogP contribution is -2.39. The Balaban J connectivity index is 1.64. The van der Waals surface area contributed by atoms with Gasteiger partial charge in [-0.25, -0.2) is 4.98 Å². The Morgan fingerprint density at radius 2 is 2.24 bits per heavy atom. The molecule has 0 spiro atoms. The van der Waals surface area contributed by atoms with Gasteiger partial charge in [0.1, 0.15) is 5.82 Å². The summed E-state index contributed by atoms with van der Waals surface area (Å²) in [5.74, 6) is 0.724. The van der Waals surface area contributed by atoms with Gasteiger partial charge in [-0.1, -0.05) is 30.3 Å². The minimum Gasteiger partial charge on any atom is -0.299 e. The molecule has 1 atom stereocenters. The number of rotatable bonds is 4. The molecule has 0 radical (unpaired) electrons. The van der Waals surface area contributed by atoms with Crippen LogP contribution in [0.25, 0.3) is 0 Å². The highest BCUT2D eigenvalue weighted by Crippen LogP contribution is 2.22. The fraction of sp³-hybridized carbons (Fsp3) is 0.400. The van der Waals surface area contributed by atoms with Gasteiger partial charge in [0.05, 0.1) is 6.04 Å². The molecule has 1 aromatic heterocycles. The Kier molecular flexibility index (Phi) is 4.26. The number of anilines is 1. The molecule has 1 saturated heterocycles. The molecule has 1 fully saturated rings. The summed E-state index contributed by atoms with van der Waals surface area (Å²) in [7, 11) is 0. The monoisotopic (exact) mass is 302 g/mol. The maximum Gasteiger partial charge on any atom is 0.243 e. The van der Waals surface area contributed by atoms with Gasteiger partial charge in [-0.2, -0.15) is 4.37 Å². The molecule has 1 aliphatic rings. The molecule has 3 rings (SSSR count). The molecule has 1 amide bonds. The third-order valence-electron chi connectivity index (χ3n) is 3.65. The molecule has 0 unspecified atom stereocenters. The topological polar surface area (TPSA) is 58.1 Å². The Morgan fingerprint density at radius 1 is 1.43 bits per heavy atom. The number of aromatic nitrogens is 2. The first-order valence-electron chi connectivity index (χ1n) is 7.11. The van der Waals surface area contributed by atoms with E-state index in [1.807, 2.05) is 25.1 Å². The fourth-order valence-electron chi connectivity index (χ4n) is 2.67. The molecular formula is C15H18N4OS. The van der Waals surface area contributed by atoms with Gasteiger partial charge in [-0.3, -0.25) is 15.0 Å². The lowest BCUT2D eigenvalue weighted by Gasteiger charge is -2.23. The second kappa shape index (κ2) is 6.32. The molecular weight excluding hydrogens is 284 g/mol. The predicted molar refractivity (Wildman–Crippen MR) is 83.1 cm³/mol. The van der Waals surface area contributed by atoms with E-state index in [2.05, 4.69) is 31.7 Å². The lowest BCUT2D eigenvalue weighted by molar-refractivity contribution is -0.120. The number of likely N-dealkylation sites (tertiary alicyclic amines) is 1. The summed E-state index contributed by atoms with van der Waals surface area (Å²) in [6.45, 7) is 3.60. The van der Waals surface area contributed by atoms with Gasteiger partial charge in [-0.15, -0.1) is 0 Å². The molecule has 2 aromatic rings. The molecule has 5 nitrogen and oxygen atoms in total. The van der Waals surface area contributed by atoms with Crippen LogP contribution in [0.5, 0.6) is 0 Å². The largest absolute Gasteiger partial charge is 0.299 e. The van der Waals surface area contributed by atoms with Crippen LogP contribution in [0.4, 0.5) is 5.13 Å². The Bertz CT molecular complexity index is 613. The summed E-state index contributed by atoms with van der Waals surface area (Å²) in [5, 5.41) is 3.47. The standard InChI is InChI=1S/C15H18N4OS/c1-11-16-15(21-18-11)17-14(20)13-8-5-9-19(13)10-12-6-3-2-4-7-12/h2-4,6-7,13H,5,8-10H2,1H3,(H,16,17,18,20)/t13-/m0/s1. The molecule has 1 aliphatic heterocycles. The van der Waals surface area contributed by atoms with Crippen LogP contribution in [0.3, 0.4) is 0 Å². The van der Waals surface area contributed by atoms with Crippen molar-refractivity contribution in [2.24, 2.45) is 0 Å². The second-order valence-corrected chi connectivity index (χ2v) is 6.00. The van der Waals surface area contributed by atoms with E-state index >= 15 is 0 Å². The van der Waals surface area contributed by atoms with Crippen molar-refractivity contribution in [1.82, 2.24) is 14.3 Å². The maximum absolute atomic E-state index is 12.4. The number of benzene rings is 1. The number of hydrogen-bond donors (Lipinski definition) is 1. The highest BCUT2D eigenvalue weighted by molar-refractivity contribution is 7.09. The Hall–Kier alpha value is -1.79. The summed E-state index contributed by atoms with van der Waals surface area (Å²) >= 11 is 1.23. The Labute approximate surface area is 128 Å². The second-order valence-electron chi connectivity index (χ2n) is 5.25. The zero-order chi connectivity index (χ0) is 14.7. The van der Waals surface area contributed by atoms with E-state index in [1.165, 1.54) is 17.1 Å². The van der Waals surface area contributed by atoms with Gasteiger partial charge in [0.25, 0.3) is 0 Å². The van der Waals surface area contributed by atoms with Gasteiger partial charge in [0.15, 0.2) is 0 Å². The summed E-state index contributed by atoms with van der Waals surface area (Å²) < 4.78 is 4.09. The molecule has 0 bridgehead atoms. The smallest absolute Gasteiger partial charge is 0.243 e. The van der Waals surface area contributed by atoms with Crippen LogP contribution in [0, 0.1) is 6.92 Å². The molecule has 21 heavy (non-hydrogen) atoms. The summed E-state index contributed by atoms with van der Waals surface area (Å²) in [6, 6.07) is 10.2. The van der Waals surface area contributed by atoms with Crippen molar-refractivity contribution in [2.45, 2.75) is 32.4 Å². The van der Waals surface area contributed by atoms with Crippen molar-refractivity contribution in [3.8, 4) is 0 Å². The van der Waals surface area contributed by atoms with Crippen molar-refractivity contribution >= 4 is 22.6 Å². The third kappa shape index (κ3) is 3.46. The van der Waals surface area contributed by atoms with E-state index < -0.39 is 0 Å². The SMILES string of the molecule is Cc1nsc(NC(=O)[C@@H]2CCCN2Cc2ccccc2)n1. The van der Waals surface area contributed by atoms with E-state index in [9.17, 15) is 4.79 Å². The van der Waals surface area contributed by atoms with Crippen LogP contribution in [-0.4, -0.2) is 32.8 Å². The minimum atomic E-state index is -0.0746. The van der Waals surface area contributed by atoms with Crippen LogP contribution >= 0.6 is 11.5 Å². The van der Waals surface area contributed by atoms with Crippen LogP contribution in [-0.2, 0) is 11.3 Å². The number of nitrogens with zero attached hydrogens (tertiary/aromatic N) is 3. The fourth-order valence-corrected chi connectivity index (χ4v) is 3.25. The Morgan fingerprint density at radius 3 is 2.95 bits per heavy atom. The van der Waals surface area contributed by atoms with Crippen molar-refractivity contribution in [1.29, 1.82) is 0 Å². The maximum atomic E-state index is 12.4. The average molecular weight is 302 g/mol. The van der Waals surface area contributed by atoms with E-state index in [1.54, 1.807) is 0 Å². The van der Waals surface area contributed by atoms with Gasteiger partial charge in [0, 0.05) is 18.1 Å². The number of carbonyl (C=O) groups excluding carboxylic acids is 1. The molecule has 6 heteroatoms. The lowest BCUT2D eigenvalue weighted by atomic mass is 10.1. The van der Waals surface area contributed by atoms with Gasteiger partial charge in [0.2, 0.25) is 11.0 Å². The van der Waals surface area contributed by atoms with E-state index in [4.69, 9.17) is 0 Å². The van der Waals surface area contributed by atoms with Crippen molar-refractivity contribution < 1.29 is 4.79 Å². The van der Waals surface area contributed by atoms with E-state index in [0.29, 0.717) is 11.0 Å². The number of hydrogen-bond acceptors (Lipinski definition) is 5. The first-order chi connectivity index (χ1) is 10.2. The zero-order valence-corrected chi connectivity index (χ0v) is 12.8. The predicted octanol–water partition coefficient (Wildman–Crippen LogP) is 2.45. The highest BCUT2D eigenvalue weighted by atomic mass is 32.1. The quantitative estimate of drug-likeness (QED) is 0.942. The van der Waals surface area contributed by atoms with Gasteiger partial charge >= 0.3 is 0 Å². The normalized spacial score (nSPS) is 18.8. The average Bonchev–Trinajstić information content (AvgIpc) is 3.09. The molecule has 1 aromatic carbocycles. The first-order valence-corrected chi connectivity index (χ1v) is 7.89. The van der Waals surface area contributed by atoms with E-state index in [0.717, 1.165) is 25.9 Å². The van der Waals surface area contributed by atoms with Crippen LogP contribution < -0.4 is 5.32 Å². The van der Waals surface area contributed by atoms with Gasteiger partial charge < -0.3 is 0 Å². The van der Waals surface area contributed by atoms with Crippen LogP contribution in [0.1, 0.15) is 24.2 Å². The minimum absolute atomic E-state index is 0.0274. The van der Waals surface area contributed by atoms with Gasteiger partial charge in [-0.05, 0) is 31.9 Å². The zero-order valence-electron chi connectivity index (χ0n) is 12.0. The number of nitrogens with one attached hydrogen (secondary N) is 1. The first kappa shape index (κ1) is 14.2. The number of carbonyl (C=O) groups is 1. The summed E-state index contributed by atoms with van der Waals surface area (Å²) in [6.07, 6.45) is 1.95. The number of amides is 1.